The normalized spacial score (nSPS) is 10.1. The number of anilines is 2. The SMILES string of the molecule is CCOc1cccc(Nc2nc(Cl)nc(OC)n2)c1. The van der Waals surface area contributed by atoms with Gasteiger partial charge < -0.3 is 14.8 Å². The summed E-state index contributed by atoms with van der Waals surface area (Å²) in [7, 11) is 1.46. The van der Waals surface area contributed by atoms with Crippen molar-refractivity contribution in [3.8, 4) is 11.8 Å². The maximum Gasteiger partial charge on any atom is 0.322 e. The molecule has 2 aromatic rings. The topological polar surface area (TPSA) is 69.2 Å². The zero-order chi connectivity index (χ0) is 13.7. The first kappa shape index (κ1) is 13.4. The summed E-state index contributed by atoms with van der Waals surface area (Å²) in [5.41, 5.74) is 0.787. The van der Waals surface area contributed by atoms with Gasteiger partial charge in [-0.3, -0.25) is 0 Å². The minimum absolute atomic E-state index is 0.0651. The monoisotopic (exact) mass is 280 g/mol. The number of benzene rings is 1. The van der Waals surface area contributed by atoms with E-state index in [1.54, 1.807) is 0 Å². The maximum absolute atomic E-state index is 5.77. The van der Waals surface area contributed by atoms with Crippen LogP contribution < -0.4 is 14.8 Å². The van der Waals surface area contributed by atoms with Crippen LogP contribution in [0.25, 0.3) is 0 Å². The molecule has 0 radical (unpaired) electrons. The predicted octanol–water partition coefficient (Wildman–Crippen LogP) is 2.68. The molecular formula is C12H13ClN4O2. The van der Waals surface area contributed by atoms with Crippen LogP contribution in [0, 0.1) is 0 Å². The van der Waals surface area contributed by atoms with E-state index in [2.05, 4.69) is 20.3 Å². The molecular weight excluding hydrogens is 268 g/mol. The summed E-state index contributed by atoms with van der Waals surface area (Å²) in [5, 5.41) is 3.08. The third-order valence-electron chi connectivity index (χ3n) is 2.17. The Morgan fingerprint density at radius 2 is 2.11 bits per heavy atom. The first-order valence-electron chi connectivity index (χ1n) is 5.66. The molecule has 0 saturated heterocycles. The highest BCUT2D eigenvalue weighted by Gasteiger charge is 2.05. The summed E-state index contributed by atoms with van der Waals surface area (Å²) in [6.07, 6.45) is 0. The first-order chi connectivity index (χ1) is 9.21. The Bertz CT molecular complexity index is 565. The van der Waals surface area contributed by atoms with Crippen molar-refractivity contribution in [1.29, 1.82) is 0 Å². The Morgan fingerprint density at radius 3 is 2.84 bits per heavy atom. The van der Waals surface area contributed by atoms with E-state index in [9.17, 15) is 0 Å². The van der Waals surface area contributed by atoms with Crippen molar-refractivity contribution in [3.05, 3.63) is 29.5 Å². The van der Waals surface area contributed by atoms with Crippen LogP contribution >= 0.6 is 11.6 Å². The molecule has 0 fully saturated rings. The third-order valence-corrected chi connectivity index (χ3v) is 2.34. The van der Waals surface area contributed by atoms with Gasteiger partial charge in [0.05, 0.1) is 13.7 Å². The van der Waals surface area contributed by atoms with Gasteiger partial charge in [0, 0.05) is 11.8 Å². The highest BCUT2D eigenvalue weighted by molar-refractivity contribution is 6.28. The Kier molecular flexibility index (Phi) is 4.35. The molecule has 0 spiro atoms. The molecule has 0 aliphatic rings. The summed E-state index contributed by atoms with van der Waals surface area (Å²) < 4.78 is 10.3. The summed E-state index contributed by atoms with van der Waals surface area (Å²) in [6.45, 7) is 2.53. The molecule has 100 valence electrons. The second-order valence-corrected chi connectivity index (χ2v) is 3.84. The highest BCUT2D eigenvalue weighted by atomic mass is 35.5. The van der Waals surface area contributed by atoms with Gasteiger partial charge in [-0.1, -0.05) is 6.07 Å². The number of methoxy groups -OCH3 is 1. The largest absolute Gasteiger partial charge is 0.494 e. The molecule has 1 aromatic carbocycles. The second-order valence-electron chi connectivity index (χ2n) is 3.50. The van der Waals surface area contributed by atoms with Crippen LogP contribution in [0.5, 0.6) is 11.8 Å². The maximum atomic E-state index is 5.77. The summed E-state index contributed by atoms with van der Waals surface area (Å²) in [4.78, 5) is 11.8. The Balaban J connectivity index is 2.20. The van der Waals surface area contributed by atoms with E-state index in [4.69, 9.17) is 21.1 Å². The average Bonchev–Trinajstić information content (AvgIpc) is 2.39. The van der Waals surface area contributed by atoms with Gasteiger partial charge in [0.25, 0.3) is 0 Å². The fraction of sp³-hybridized carbons (Fsp3) is 0.250. The highest BCUT2D eigenvalue weighted by Crippen LogP contribution is 2.21. The molecule has 1 N–H and O–H groups in total. The van der Waals surface area contributed by atoms with Crippen molar-refractivity contribution < 1.29 is 9.47 Å². The molecule has 7 heteroatoms. The molecule has 0 unspecified atom stereocenters. The number of halogens is 1. The van der Waals surface area contributed by atoms with Gasteiger partial charge in [0.1, 0.15) is 5.75 Å². The van der Waals surface area contributed by atoms with Crippen molar-refractivity contribution in [3.63, 3.8) is 0 Å². The smallest absolute Gasteiger partial charge is 0.322 e. The van der Waals surface area contributed by atoms with Crippen LogP contribution in [-0.2, 0) is 0 Å². The molecule has 0 bridgehead atoms. The van der Waals surface area contributed by atoms with E-state index in [-0.39, 0.29) is 11.3 Å². The second kappa shape index (κ2) is 6.19. The molecule has 19 heavy (non-hydrogen) atoms. The lowest BCUT2D eigenvalue weighted by molar-refractivity contribution is 0.340. The van der Waals surface area contributed by atoms with E-state index >= 15 is 0 Å². The molecule has 6 nitrogen and oxygen atoms in total. The third kappa shape index (κ3) is 3.69. The van der Waals surface area contributed by atoms with Gasteiger partial charge in [-0.2, -0.15) is 15.0 Å². The van der Waals surface area contributed by atoms with Crippen molar-refractivity contribution in [2.24, 2.45) is 0 Å². The standard InChI is InChI=1S/C12H13ClN4O2/c1-3-19-9-6-4-5-8(7-9)14-11-15-10(13)16-12(17-11)18-2/h4-7H,3H2,1-2H3,(H,14,15,16,17). The quantitative estimate of drug-likeness (QED) is 0.908. The van der Waals surface area contributed by atoms with E-state index in [0.717, 1.165) is 11.4 Å². The fourth-order valence-corrected chi connectivity index (χ4v) is 1.59. The van der Waals surface area contributed by atoms with Crippen LogP contribution in [0.4, 0.5) is 11.6 Å². The number of ether oxygens (including phenoxy) is 2. The van der Waals surface area contributed by atoms with E-state index in [1.165, 1.54) is 7.11 Å². The van der Waals surface area contributed by atoms with Gasteiger partial charge in [0.2, 0.25) is 11.2 Å². The zero-order valence-electron chi connectivity index (χ0n) is 10.6. The Hall–Kier alpha value is -2.08. The van der Waals surface area contributed by atoms with E-state index < -0.39 is 0 Å². The van der Waals surface area contributed by atoms with E-state index in [1.807, 2.05) is 31.2 Å². The Morgan fingerprint density at radius 1 is 1.26 bits per heavy atom. The number of rotatable bonds is 5. The molecule has 0 aliphatic heterocycles. The molecule has 0 saturated carbocycles. The molecule has 0 amide bonds. The zero-order valence-corrected chi connectivity index (χ0v) is 11.3. The summed E-state index contributed by atoms with van der Waals surface area (Å²) in [5.74, 6) is 1.07. The number of hydrogen-bond donors (Lipinski definition) is 1. The minimum Gasteiger partial charge on any atom is -0.494 e. The van der Waals surface area contributed by atoms with Crippen LogP contribution in [0.2, 0.25) is 5.28 Å². The van der Waals surface area contributed by atoms with Gasteiger partial charge in [-0.25, -0.2) is 0 Å². The number of hydrogen-bond acceptors (Lipinski definition) is 6. The average molecular weight is 281 g/mol. The summed E-state index contributed by atoms with van der Waals surface area (Å²) in [6, 6.07) is 7.60. The van der Waals surface area contributed by atoms with Crippen molar-refractivity contribution in [1.82, 2.24) is 15.0 Å². The number of aromatic nitrogens is 3. The summed E-state index contributed by atoms with van der Waals surface area (Å²) >= 11 is 5.77. The van der Waals surface area contributed by atoms with Crippen LogP contribution in [0.15, 0.2) is 24.3 Å². The van der Waals surface area contributed by atoms with Gasteiger partial charge >= 0.3 is 6.01 Å². The number of nitrogens with zero attached hydrogens (tertiary/aromatic N) is 3. The van der Waals surface area contributed by atoms with Gasteiger partial charge in [-0.05, 0) is 30.7 Å². The molecule has 2 rings (SSSR count). The van der Waals surface area contributed by atoms with Gasteiger partial charge in [-0.15, -0.1) is 0 Å². The first-order valence-corrected chi connectivity index (χ1v) is 6.04. The molecule has 1 heterocycles. The predicted molar refractivity (Wildman–Crippen MR) is 72.3 cm³/mol. The minimum atomic E-state index is 0.0651. The lowest BCUT2D eigenvalue weighted by Gasteiger charge is -2.08. The van der Waals surface area contributed by atoms with Crippen LogP contribution in [0.3, 0.4) is 0 Å². The lowest BCUT2D eigenvalue weighted by atomic mass is 10.3. The molecule has 0 atom stereocenters. The number of nitrogens with one attached hydrogen (secondary N) is 1. The van der Waals surface area contributed by atoms with Crippen LogP contribution in [-0.4, -0.2) is 28.7 Å². The van der Waals surface area contributed by atoms with Crippen molar-refractivity contribution >= 4 is 23.2 Å². The van der Waals surface area contributed by atoms with E-state index in [0.29, 0.717) is 12.6 Å². The molecule has 0 aliphatic carbocycles. The van der Waals surface area contributed by atoms with Crippen molar-refractivity contribution in [2.45, 2.75) is 6.92 Å². The molecule has 1 aromatic heterocycles. The van der Waals surface area contributed by atoms with Crippen molar-refractivity contribution in [2.75, 3.05) is 19.0 Å². The van der Waals surface area contributed by atoms with Gasteiger partial charge in [0.15, 0.2) is 0 Å². The Labute approximate surface area is 115 Å². The fourth-order valence-electron chi connectivity index (χ4n) is 1.44. The lowest BCUT2D eigenvalue weighted by Crippen LogP contribution is -2.02. The van der Waals surface area contributed by atoms with Crippen LogP contribution in [0.1, 0.15) is 6.92 Å².